The summed E-state index contributed by atoms with van der Waals surface area (Å²) in [6.45, 7) is 12.8. The molecule has 3 N–H and O–H groups in total. The molecule has 2 atom stereocenters. The van der Waals surface area contributed by atoms with E-state index in [0.29, 0.717) is 52.8 Å². The predicted molar refractivity (Wildman–Crippen MR) is 294 cm³/mol. The molecule has 2 amide bonds. The maximum Gasteiger partial charge on any atom is 0.410 e. The Bertz CT molecular complexity index is 3300. The van der Waals surface area contributed by atoms with Crippen LogP contribution < -0.4 is 11.1 Å². The van der Waals surface area contributed by atoms with E-state index in [1.54, 1.807) is 77.1 Å². The molecule has 8 aromatic rings. The van der Waals surface area contributed by atoms with E-state index in [-0.39, 0.29) is 54.3 Å². The molecule has 6 aromatic heterocycles. The van der Waals surface area contributed by atoms with Crippen LogP contribution >= 0.6 is 47.2 Å². The zero-order chi connectivity index (χ0) is 53.6. The predicted octanol–water partition coefficient (Wildman–Crippen LogP) is 13.4. The number of pyridine rings is 2. The van der Waals surface area contributed by atoms with E-state index in [0.717, 1.165) is 70.9 Å². The Hall–Kier alpha value is -6.86. The normalized spacial score (nSPS) is 15.4. The van der Waals surface area contributed by atoms with Gasteiger partial charge in [0.25, 0.3) is 0 Å². The quantitative estimate of drug-likeness (QED) is 0.138. The molecule has 10 rings (SSSR count). The minimum absolute atomic E-state index is 0. The first-order valence-corrected chi connectivity index (χ1v) is 25.6. The van der Waals surface area contributed by atoms with Crippen LogP contribution in [0.15, 0.2) is 110 Å². The van der Waals surface area contributed by atoms with Gasteiger partial charge in [0.15, 0.2) is 0 Å². The fourth-order valence-corrected chi connectivity index (χ4v) is 9.29. The van der Waals surface area contributed by atoms with Gasteiger partial charge in [0.2, 0.25) is 11.9 Å². The number of fused-ring (bicyclic) bond motifs is 2. The lowest BCUT2D eigenvalue weighted by Gasteiger charge is -2.28. The van der Waals surface area contributed by atoms with Crippen molar-refractivity contribution in [3.63, 3.8) is 0 Å². The van der Waals surface area contributed by atoms with Crippen molar-refractivity contribution in [2.75, 3.05) is 24.1 Å². The first-order chi connectivity index (χ1) is 35.7. The lowest BCUT2D eigenvalue weighted by molar-refractivity contribution is 0.0211. The number of alkyl halides is 1. The molecule has 2 aromatic carbocycles. The van der Waals surface area contributed by atoms with Crippen molar-refractivity contribution >= 4 is 82.6 Å². The molecule has 0 bridgehead atoms. The summed E-state index contributed by atoms with van der Waals surface area (Å²) in [7, 11) is 0. The van der Waals surface area contributed by atoms with Crippen LogP contribution in [0.2, 0.25) is 10.0 Å². The lowest BCUT2D eigenvalue weighted by Crippen LogP contribution is -2.36. The number of likely N-dealkylation sites (tertiary alicyclic amines) is 2. The van der Waals surface area contributed by atoms with Gasteiger partial charge in [-0.05, 0) is 152 Å². The number of nitrogen functional groups attached to an aromatic ring is 1. The Morgan fingerprint density at radius 1 is 0.645 bits per heavy atom. The number of carbonyl (C=O) groups excluding carboxylic acids is 2. The Labute approximate surface area is 460 Å². The van der Waals surface area contributed by atoms with Gasteiger partial charge in [-0.25, -0.2) is 48.3 Å². The summed E-state index contributed by atoms with van der Waals surface area (Å²) >= 11 is 18.3. The van der Waals surface area contributed by atoms with Crippen LogP contribution in [0.5, 0.6) is 0 Å². The molecular formula is C54H58Cl4F2N12O4. The maximum absolute atomic E-state index is 13.5. The fraction of sp³-hybridized carbons (Fsp3) is 0.333. The third-order valence-corrected chi connectivity index (χ3v) is 12.7. The van der Waals surface area contributed by atoms with Gasteiger partial charge in [0.05, 0.1) is 68.7 Å². The molecule has 400 valence electrons. The van der Waals surface area contributed by atoms with E-state index in [1.807, 2.05) is 68.5 Å². The second-order valence-corrected chi connectivity index (χ2v) is 20.9. The third-order valence-electron chi connectivity index (χ3n) is 12.0. The van der Waals surface area contributed by atoms with Gasteiger partial charge in [-0.2, -0.15) is 0 Å². The Kier molecular flexibility index (Phi) is 18.3. The molecule has 0 radical (unpaired) electrons. The van der Waals surface area contributed by atoms with Crippen LogP contribution in [0.25, 0.3) is 33.8 Å². The van der Waals surface area contributed by atoms with Gasteiger partial charge in [-0.15, -0.1) is 24.0 Å². The van der Waals surface area contributed by atoms with Crippen LogP contribution in [-0.4, -0.2) is 85.0 Å². The molecule has 8 heterocycles. The van der Waals surface area contributed by atoms with E-state index in [4.69, 9.17) is 60.0 Å². The van der Waals surface area contributed by atoms with Crippen molar-refractivity contribution in [1.82, 2.24) is 48.5 Å². The summed E-state index contributed by atoms with van der Waals surface area (Å²) in [5.74, 6) is 0.369. The number of hydrogen-bond donors (Lipinski definition) is 2. The highest BCUT2D eigenvalue weighted by atomic mass is 35.5. The molecule has 2 aliphatic rings. The number of nitrogens with zero attached hydrogens (tertiary/aromatic N) is 10. The highest BCUT2D eigenvalue weighted by Gasteiger charge is 2.35. The summed E-state index contributed by atoms with van der Waals surface area (Å²) in [6.07, 6.45) is 9.71. The maximum atomic E-state index is 13.5. The van der Waals surface area contributed by atoms with Crippen molar-refractivity contribution in [3.05, 3.63) is 154 Å². The second kappa shape index (κ2) is 24.4. The first kappa shape index (κ1) is 56.9. The average molecular weight is 1120 g/mol. The summed E-state index contributed by atoms with van der Waals surface area (Å²) in [4.78, 5) is 54.8. The van der Waals surface area contributed by atoms with Crippen LogP contribution in [0.4, 0.5) is 30.3 Å². The fourth-order valence-electron chi connectivity index (χ4n) is 8.72. The number of ether oxygens (including phenoxy) is 2. The van der Waals surface area contributed by atoms with Gasteiger partial charge in [0, 0.05) is 49.0 Å². The summed E-state index contributed by atoms with van der Waals surface area (Å²) in [6, 6.07) is 23.0. The SMILES string of the molecule is CC(C)(C)OC(=O)N1CCCC1c1ccnc(N)n1.CC(C)(C)OC(=O)N1CCCC1c1ccnc(NCc2c(-c3ccc(F)cc3)nc3ccc(Cl)cn23)n1.Cl.Fc1ccc(-c2nc3ccc(Cl)cn3c2CCl)cc1. The zero-order valence-corrected chi connectivity index (χ0v) is 45.8. The van der Waals surface area contributed by atoms with Crippen molar-refractivity contribution in [2.45, 2.75) is 103 Å². The smallest absolute Gasteiger partial charge is 0.410 e. The molecular weight excluding hydrogens is 1060 g/mol. The van der Waals surface area contributed by atoms with E-state index < -0.39 is 11.2 Å². The van der Waals surface area contributed by atoms with Gasteiger partial charge >= 0.3 is 12.2 Å². The number of nitrogens with one attached hydrogen (secondary N) is 1. The van der Waals surface area contributed by atoms with E-state index >= 15 is 0 Å². The van der Waals surface area contributed by atoms with Gasteiger partial charge in [-0.3, -0.25) is 9.80 Å². The molecule has 76 heavy (non-hydrogen) atoms. The molecule has 2 aliphatic heterocycles. The number of aromatic nitrogens is 8. The number of hydrogen-bond acceptors (Lipinski definition) is 12. The van der Waals surface area contributed by atoms with Gasteiger partial charge in [0.1, 0.15) is 34.1 Å². The number of benzene rings is 2. The van der Waals surface area contributed by atoms with Gasteiger partial charge in [-0.1, -0.05) is 23.2 Å². The van der Waals surface area contributed by atoms with Crippen LogP contribution in [0.1, 0.15) is 102 Å². The summed E-state index contributed by atoms with van der Waals surface area (Å²) in [5, 5.41) is 4.47. The summed E-state index contributed by atoms with van der Waals surface area (Å²) < 4.78 is 41.3. The standard InChI is InChI=1S/C27H28ClFN6O2.C14H9Cl2FN2.C13H20N4O2.ClH/c1-27(2,3)37-26(36)34-14-4-5-21(34)20-12-13-30-25(32-20)31-15-22-24(17-6-9-19(29)10-7-17)33-23-11-8-18(28)16-35(22)23;15-7-12-14(9-1-4-11(17)5-2-9)18-13-6-3-10(16)8-19(12)13;1-13(2,3)19-12(18)17-8-4-5-10(17)9-6-7-15-11(14)16-9;/h6-13,16,21H,4-5,14-15H2,1-3H3,(H,30,31,32);1-6,8H,7H2;6-7,10H,4-5,8H2,1-3H3,(H2,14,15,16);1H. The summed E-state index contributed by atoms with van der Waals surface area (Å²) in [5.41, 5.74) is 12.3. The molecule has 0 saturated carbocycles. The van der Waals surface area contributed by atoms with Crippen molar-refractivity contribution in [3.8, 4) is 22.5 Å². The van der Waals surface area contributed by atoms with Crippen molar-refractivity contribution in [1.29, 1.82) is 0 Å². The molecule has 22 heteroatoms. The third kappa shape index (κ3) is 14.1. The average Bonchev–Trinajstić information content (AvgIpc) is 4.19. The Balaban J connectivity index is 0.000000181. The molecule has 2 saturated heterocycles. The number of carbonyl (C=O) groups is 2. The number of anilines is 2. The van der Waals surface area contributed by atoms with Crippen LogP contribution in [-0.2, 0) is 21.9 Å². The number of nitrogens with two attached hydrogens (primary N) is 1. The molecule has 2 fully saturated rings. The topological polar surface area (TPSA) is 183 Å². The van der Waals surface area contributed by atoms with E-state index in [1.165, 1.54) is 24.3 Å². The van der Waals surface area contributed by atoms with E-state index in [2.05, 4.69) is 25.3 Å². The number of amides is 2. The van der Waals surface area contributed by atoms with Crippen molar-refractivity contribution in [2.24, 2.45) is 0 Å². The van der Waals surface area contributed by atoms with Crippen molar-refractivity contribution < 1.29 is 27.8 Å². The largest absolute Gasteiger partial charge is 0.444 e. The highest BCUT2D eigenvalue weighted by Crippen LogP contribution is 2.35. The molecule has 2 unspecified atom stereocenters. The second-order valence-electron chi connectivity index (χ2n) is 19.8. The molecule has 0 spiro atoms. The monoisotopic (exact) mass is 1120 g/mol. The minimum atomic E-state index is -0.568. The zero-order valence-electron chi connectivity index (χ0n) is 42.7. The number of imidazole rings is 2. The lowest BCUT2D eigenvalue weighted by atomic mass is 10.1. The van der Waals surface area contributed by atoms with Crippen LogP contribution in [0.3, 0.4) is 0 Å². The molecule has 0 aliphatic carbocycles. The Morgan fingerprint density at radius 2 is 1.09 bits per heavy atom. The first-order valence-electron chi connectivity index (χ1n) is 24.3. The van der Waals surface area contributed by atoms with Gasteiger partial charge < -0.3 is 29.3 Å². The van der Waals surface area contributed by atoms with E-state index in [9.17, 15) is 18.4 Å². The minimum Gasteiger partial charge on any atom is -0.444 e. The van der Waals surface area contributed by atoms with Crippen LogP contribution in [0, 0.1) is 11.6 Å². The Morgan fingerprint density at radius 3 is 1.55 bits per heavy atom. The number of rotatable bonds is 8. The highest BCUT2D eigenvalue weighted by molar-refractivity contribution is 6.30. The number of halogens is 6. The molecule has 16 nitrogen and oxygen atoms in total.